The molecule has 1 aromatic carbocycles. The second-order valence-electron chi connectivity index (χ2n) is 6.55. The van der Waals surface area contributed by atoms with Crippen LogP contribution in [0.4, 0.5) is 0 Å². The first-order valence-corrected chi connectivity index (χ1v) is 11.5. The second-order valence-corrected chi connectivity index (χ2v) is 6.99. The summed E-state index contributed by atoms with van der Waals surface area (Å²) >= 11 is 5.85. The summed E-state index contributed by atoms with van der Waals surface area (Å²) in [4.78, 5) is 42.6. The van der Waals surface area contributed by atoms with E-state index in [2.05, 4.69) is 20.5 Å². The monoisotopic (exact) mass is 498 g/mol. The van der Waals surface area contributed by atoms with Crippen LogP contribution in [0.2, 0.25) is 5.02 Å². The number of nitrogens with one attached hydrogen (secondary N) is 1. The molecule has 1 amide bonds. The third-order valence-corrected chi connectivity index (χ3v) is 4.70. The minimum atomic E-state index is -1.24. The molecule has 0 aliphatic rings. The van der Waals surface area contributed by atoms with Crippen LogP contribution in [0.1, 0.15) is 43.6 Å². The van der Waals surface area contributed by atoms with Crippen molar-refractivity contribution in [3.63, 3.8) is 0 Å². The molecule has 3 heterocycles. The molecule has 184 valence electrons. The molecule has 0 bridgehead atoms. The van der Waals surface area contributed by atoms with Gasteiger partial charge in [-0.3, -0.25) is 19.0 Å². The number of pyridine rings is 2. The smallest absolute Gasteiger partial charge is 0.323 e. The number of aromatic nitrogens is 5. The average Bonchev–Trinajstić information content (AvgIpc) is 3.42. The van der Waals surface area contributed by atoms with Gasteiger partial charge in [0.05, 0.1) is 12.4 Å². The Labute approximate surface area is 207 Å². The zero-order chi connectivity index (χ0) is 26.0. The van der Waals surface area contributed by atoms with E-state index in [1.807, 2.05) is 27.7 Å². The molecule has 0 aliphatic heterocycles. The lowest BCUT2D eigenvalue weighted by Crippen LogP contribution is -2.34. The minimum absolute atomic E-state index is 0.108. The molecule has 0 fully saturated rings. The van der Waals surface area contributed by atoms with Crippen molar-refractivity contribution >= 4 is 34.5 Å². The lowest BCUT2D eigenvalue weighted by atomic mass is 10.1. The molecule has 4 aromatic rings. The predicted octanol–water partition coefficient (Wildman–Crippen LogP) is 3.70. The van der Waals surface area contributed by atoms with Crippen LogP contribution in [-0.4, -0.2) is 41.5 Å². The summed E-state index contributed by atoms with van der Waals surface area (Å²) in [7, 11) is 0. The number of amides is 1. The number of carboxylic acids is 1. The van der Waals surface area contributed by atoms with Gasteiger partial charge in [0.15, 0.2) is 5.82 Å². The average molecular weight is 499 g/mol. The van der Waals surface area contributed by atoms with Crippen LogP contribution < -0.4 is 10.9 Å². The zero-order valence-electron chi connectivity index (χ0n) is 19.9. The summed E-state index contributed by atoms with van der Waals surface area (Å²) in [6.07, 6.45) is 2.93. The second kappa shape index (κ2) is 13.0. The van der Waals surface area contributed by atoms with Crippen LogP contribution in [0, 0.1) is 0 Å². The topological polar surface area (TPSA) is 132 Å². The van der Waals surface area contributed by atoms with Crippen molar-refractivity contribution in [2.24, 2.45) is 0 Å². The number of hydrogen-bond acceptors (Lipinski definition) is 6. The lowest BCUT2D eigenvalue weighted by Gasteiger charge is -2.12. The Hall–Kier alpha value is -4.05. The van der Waals surface area contributed by atoms with E-state index >= 15 is 0 Å². The molecule has 4 rings (SSSR count). The van der Waals surface area contributed by atoms with Gasteiger partial charge in [-0.2, -0.15) is 10.2 Å². The van der Waals surface area contributed by atoms with Gasteiger partial charge in [0.2, 0.25) is 0 Å². The number of hydrogen-bond donors (Lipinski definition) is 2. The van der Waals surface area contributed by atoms with Crippen LogP contribution in [0.5, 0.6) is 0 Å². The molecule has 0 radical (unpaired) electrons. The number of nitrogens with zero attached hydrogens (tertiary/aromatic N) is 5. The SMILES string of the molecule is CC.CC.O=C(O)Cn1c(=O)c(C(=O)NCc2ccc(Cl)cc2)cc2ccc(-n3nccn3)nc21. The minimum Gasteiger partial charge on any atom is -0.480 e. The number of carbonyl (C=O) groups excluding carboxylic acids is 1. The first-order chi connectivity index (χ1) is 16.9. The van der Waals surface area contributed by atoms with E-state index < -0.39 is 24.0 Å². The highest BCUT2D eigenvalue weighted by molar-refractivity contribution is 6.30. The van der Waals surface area contributed by atoms with Crippen LogP contribution in [0.3, 0.4) is 0 Å². The van der Waals surface area contributed by atoms with Crippen molar-refractivity contribution in [2.75, 3.05) is 0 Å². The van der Waals surface area contributed by atoms with Gasteiger partial charge in [-0.15, -0.1) is 4.80 Å². The van der Waals surface area contributed by atoms with Crippen molar-refractivity contribution in [1.82, 2.24) is 29.9 Å². The van der Waals surface area contributed by atoms with Gasteiger partial charge in [0.25, 0.3) is 11.5 Å². The Balaban J connectivity index is 0.00000103. The fraction of sp³-hybridized carbons (Fsp3) is 0.250. The normalized spacial score (nSPS) is 9.97. The number of fused-ring (bicyclic) bond motifs is 1. The van der Waals surface area contributed by atoms with Gasteiger partial charge < -0.3 is 10.4 Å². The zero-order valence-corrected chi connectivity index (χ0v) is 20.7. The van der Waals surface area contributed by atoms with Gasteiger partial charge in [-0.1, -0.05) is 51.4 Å². The van der Waals surface area contributed by atoms with Crippen molar-refractivity contribution in [3.8, 4) is 5.82 Å². The summed E-state index contributed by atoms with van der Waals surface area (Å²) in [6.45, 7) is 7.52. The molecule has 0 atom stereocenters. The molecule has 3 aromatic heterocycles. The van der Waals surface area contributed by atoms with Crippen molar-refractivity contribution < 1.29 is 14.7 Å². The molecule has 0 spiro atoms. The van der Waals surface area contributed by atoms with Gasteiger partial charge >= 0.3 is 5.97 Å². The number of benzene rings is 1. The van der Waals surface area contributed by atoms with Crippen molar-refractivity contribution in [3.05, 3.63) is 81.4 Å². The third kappa shape index (κ3) is 6.73. The van der Waals surface area contributed by atoms with E-state index in [1.165, 1.54) is 23.3 Å². The maximum Gasteiger partial charge on any atom is 0.323 e. The summed E-state index contributed by atoms with van der Waals surface area (Å²) in [5.41, 5.74) is -0.0464. The number of rotatable bonds is 6. The third-order valence-electron chi connectivity index (χ3n) is 4.45. The maximum atomic E-state index is 13.0. The fourth-order valence-electron chi connectivity index (χ4n) is 3.01. The highest BCUT2D eigenvalue weighted by atomic mass is 35.5. The largest absolute Gasteiger partial charge is 0.480 e. The van der Waals surface area contributed by atoms with Gasteiger partial charge in [-0.05, 0) is 35.9 Å². The Bertz CT molecular complexity index is 1330. The Morgan fingerprint density at radius 2 is 1.63 bits per heavy atom. The van der Waals surface area contributed by atoms with E-state index in [0.29, 0.717) is 16.2 Å². The number of carboxylic acid groups (broad SMARTS) is 1. The predicted molar refractivity (Wildman–Crippen MR) is 134 cm³/mol. The molecule has 0 aliphatic carbocycles. The van der Waals surface area contributed by atoms with Crippen LogP contribution in [-0.2, 0) is 17.9 Å². The summed E-state index contributed by atoms with van der Waals surface area (Å²) in [5.74, 6) is -1.57. The number of aliphatic carboxylic acids is 1. The molecule has 0 saturated carbocycles. The maximum absolute atomic E-state index is 13.0. The quantitative estimate of drug-likeness (QED) is 0.414. The number of halogens is 1. The Morgan fingerprint density at radius 1 is 1.00 bits per heavy atom. The molecule has 35 heavy (non-hydrogen) atoms. The molecule has 0 unspecified atom stereocenters. The molecular weight excluding hydrogens is 472 g/mol. The van der Waals surface area contributed by atoms with Gasteiger partial charge in [-0.25, -0.2) is 4.98 Å². The summed E-state index contributed by atoms with van der Waals surface area (Å²) in [6, 6.07) is 11.5. The van der Waals surface area contributed by atoms with Crippen LogP contribution in [0.25, 0.3) is 16.9 Å². The fourth-order valence-corrected chi connectivity index (χ4v) is 3.13. The van der Waals surface area contributed by atoms with E-state index in [9.17, 15) is 19.5 Å². The van der Waals surface area contributed by atoms with Crippen LogP contribution in [0.15, 0.2) is 59.7 Å². The summed E-state index contributed by atoms with van der Waals surface area (Å²) < 4.78 is 0.946. The molecule has 10 nitrogen and oxygen atoms in total. The summed E-state index contributed by atoms with van der Waals surface area (Å²) in [5, 5.41) is 20.9. The standard InChI is InChI=1S/C20H15ClN6O4.2C2H6/c21-14-4-1-12(2-5-14)10-22-19(30)15-9-13-3-6-16(27-23-7-8-24-27)25-18(13)26(20(15)31)11-17(28)29;2*1-2/h1-9H,10-11H2,(H,22,30)(H,28,29);2*1-2H3. The number of carbonyl (C=O) groups is 2. The molecule has 2 N–H and O–H groups in total. The lowest BCUT2D eigenvalue weighted by molar-refractivity contribution is -0.137. The van der Waals surface area contributed by atoms with Crippen LogP contribution >= 0.6 is 11.6 Å². The Kier molecular flexibility index (Phi) is 10.1. The van der Waals surface area contributed by atoms with E-state index in [-0.39, 0.29) is 17.8 Å². The highest BCUT2D eigenvalue weighted by Gasteiger charge is 2.18. The van der Waals surface area contributed by atoms with E-state index in [0.717, 1.165) is 10.1 Å². The Morgan fingerprint density at radius 3 is 2.23 bits per heavy atom. The van der Waals surface area contributed by atoms with Gasteiger partial charge in [0, 0.05) is 17.0 Å². The first-order valence-electron chi connectivity index (χ1n) is 11.1. The van der Waals surface area contributed by atoms with Crippen molar-refractivity contribution in [2.45, 2.75) is 40.8 Å². The van der Waals surface area contributed by atoms with Gasteiger partial charge in [0.1, 0.15) is 17.8 Å². The van der Waals surface area contributed by atoms with Crippen molar-refractivity contribution in [1.29, 1.82) is 0 Å². The molecule has 11 heteroatoms. The highest BCUT2D eigenvalue weighted by Crippen LogP contribution is 2.15. The molecular formula is C24H27ClN6O4. The van der Waals surface area contributed by atoms with E-state index in [1.54, 1.807) is 36.4 Å². The van der Waals surface area contributed by atoms with E-state index in [4.69, 9.17) is 11.6 Å². The first kappa shape index (κ1) is 27.2. The molecule has 0 saturated heterocycles.